The Bertz CT molecular complexity index is 522. The number of hydrogen-bond donors (Lipinski definition) is 1. The molecule has 1 atom stereocenters. The minimum atomic E-state index is -0.896. The fourth-order valence-corrected chi connectivity index (χ4v) is 2.44. The van der Waals surface area contributed by atoms with Crippen molar-refractivity contribution in [2.75, 3.05) is 19.3 Å². The first-order valence-electron chi connectivity index (χ1n) is 6.37. The summed E-state index contributed by atoms with van der Waals surface area (Å²) in [6, 6.07) is 3.74. The monoisotopic (exact) mass is 300 g/mol. The molecule has 0 saturated carbocycles. The van der Waals surface area contributed by atoms with Crippen LogP contribution in [-0.4, -0.2) is 34.9 Å². The van der Waals surface area contributed by atoms with Crippen LogP contribution in [0.15, 0.2) is 18.2 Å². The van der Waals surface area contributed by atoms with Gasteiger partial charge in [0.1, 0.15) is 6.17 Å². The van der Waals surface area contributed by atoms with Crippen LogP contribution >= 0.6 is 11.8 Å². The van der Waals surface area contributed by atoms with Gasteiger partial charge in [-0.05, 0) is 37.8 Å². The second kappa shape index (κ2) is 5.69. The molecule has 1 aliphatic heterocycles. The van der Waals surface area contributed by atoms with Crippen LogP contribution in [0.3, 0.4) is 0 Å². The Kier molecular flexibility index (Phi) is 4.34. The number of nitrogens with zero attached hydrogens (tertiary/aromatic N) is 1. The quantitative estimate of drug-likeness (QED) is 0.927. The first kappa shape index (κ1) is 15.3. The highest BCUT2D eigenvalue weighted by Gasteiger charge is 2.35. The third kappa shape index (κ3) is 3.12. The predicted octanol–water partition coefficient (Wildman–Crippen LogP) is 2.54. The van der Waals surface area contributed by atoms with Gasteiger partial charge in [0, 0.05) is 11.3 Å². The van der Waals surface area contributed by atoms with E-state index in [1.165, 1.54) is 6.07 Å². The number of rotatable bonds is 4. The molecule has 6 heteroatoms. The molecule has 0 spiro atoms. The minimum absolute atomic E-state index is 0.0261. The molecule has 1 saturated heterocycles. The molecule has 1 unspecified atom stereocenters. The van der Waals surface area contributed by atoms with Crippen LogP contribution in [0.5, 0.6) is 0 Å². The largest absolute Gasteiger partial charge is 0.320 e. The number of amides is 1. The van der Waals surface area contributed by atoms with E-state index in [9.17, 15) is 13.6 Å². The van der Waals surface area contributed by atoms with Crippen LogP contribution < -0.4 is 5.32 Å². The first-order valence-corrected chi connectivity index (χ1v) is 7.59. The Labute approximate surface area is 121 Å². The van der Waals surface area contributed by atoms with Crippen LogP contribution in [0.25, 0.3) is 0 Å². The summed E-state index contributed by atoms with van der Waals surface area (Å²) in [7, 11) is 0. The van der Waals surface area contributed by atoms with Crippen molar-refractivity contribution in [1.82, 2.24) is 10.2 Å². The van der Waals surface area contributed by atoms with Crippen molar-refractivity contribution >= 4 is 17.7 Å². The second-order valence-electron chi connectivity index (χ2n) is 5.44. The van der Waals surface area contributed by atoms with Crippen molar-refractivity contribution in [2.45, 2.75) is 24.8 Å². The summed E-state index contributed by atoms with van der Waals surface area (Å²) in [4.78, 5) is 13.7. The lowest BCUT2D eigenvalue weighted by Gasteiger charge is -2.32. The Morgan fingerprint density at radius 2 is 2.10 bits per heavy atom. The van der Waals surface area contributed by atoms with Crippen LogP contribution in [-0.2, 0) is 4.79 Å². The van der Waals surface area contributed by atoms with Gasteiger partial charge in [0.2, 0.25) is 5.91 Å². The molecule has 1 amide bonds. The van der Waals surface area contributed by atoms with Crippen LogP contribution in [0.2, 0.25) is 0 Å². The van der Waals surface area contributed by atoms with Gasteiger partial charge in [0.25, 0.3) is 0 Å². The molecule has 0 aromatic heterocycles. The number of halogens is 2. The van der Waals surface area contributed by atoms with Crippen molar-refractivity contribution in [3.8, 4) is 0 Å². The lowest BCUT2D eigenvalue weighted by atomic mass is 10.1. The average molecular weight is 300 g/mol. The molecule has 0 bridgehead atoms. The van der Waals surface area contributed by atoms with E-state index >= 15 is 0 Å². The van der Waals surface area contributed by atoms with Gasteiger partial charge in [0.05, 0.1) is 6.54 Å². The van der Waals surface area contributed by atoms with Crippen molar-refractivity contribution in [3.05, 3.63) is 35.4 Å². The molecule has 1 fully saturated rings. The van der Waals surface area contributed by atoms with Crippen molar-refractivity contribution < 1.29 is 13.6 Å². The average Bonchev–Trinajstić information content (AvgIpc) is 2.74. The van der Waals surface area contributed by atoms with Gasteiger partial charge in [-0.25, -0.2) is 8.78 Å². The molecule has 3 nitrogen and oxygen atoms in total. The third-order valence-electron chi connectivity index (χ3n) is 3.44. The number of carbonyl (C=O) groups excluding carboxylic acids is 1. The Balaban J connectivity index is 2.25. The highest BCUT2D eigenvalue weighted by molar-refractivity contribution is 7.99. The van der Waals surface area contributed by atoms with Gasteiger partial charge in [-0.3, -0.25) is 10.1 Å². The number of benzene rings is 1. The first-order chi connectivity index (χ1) is 9.34. The van der Waals surface area contributed by atoms with E-state index < -0.39 is 17.8 Å². The van der Waals surface area contributed by atoms with Gasteiger partial charge < -0.3 is 4.90 Å². The number of carbonyl (C=O) groups is 1. The lowest BCUT2D eigenvalue weighted by Crippen LogP contribution is -2.40. The molecule has 1 aromatic rings. The number of nitrogens with one attached hydrogen (secondary N) is 1. The van der Waals surface area contributed by atoms with Crippen molar-refractivity contribution in [3.63, 3.8) is 0 Å². The molecule has 1 heterocycles. The SMILES string of the molecule is CSC(C)(C)CN1C(=O)CNC1c1ccc(F)c(F)c1. The molecule has 20 heavy (non-hydrogen) atoms. The Morgan fingerprint density at radius 1 is 1.40 bits per heavy atom. The predicted molar refractivity (Wildman–Crippen MR) is 76.4 cm³/mol. The number of thioether (sulfide) groups is 1. The highest BCUT2D eigenvalue weighted by atomic mass is 32.2. The maximum atomic E-state index is 13.4. The summed E-state index contributed by atoms with van der Waals surface area (Å²) in [5.41, 5.74) is 0.562. The number of hydrogen-bond acceptors (Lipinski definition) is 3. The summed E-state index contributed by atoms with van der Waals surface area (Å²) in [5, 5.41) is 3.04. The topological polar surface area (TPSA) is 32.3 Å². The molecule has 0 aliphatic carbocycles. The van der Waals surface area contributed by atoms with Crippen LogP contribution in [0.4, 0.5) is 8.78 Å². The molecule has 1 N–H and O–H groups in total. The zero-order valence-corrected chi connectivity index (χ0v) is 12.6. The molecular weight excluding hydrogens is 282 g/mol. The highest BCUT2D eigenvalue weighted by Crippen LogP contribution is 2.29. The lowest BCUT2D eigenvalue weighted by molar-refractivity contribution is -0.128. The summed E-state index contributed by atoms with van der Waals surface area (Å²) in [6.45, 7) is 4.86. The van der Waals surface area contributed by atoms with E-state index in [1.54, 1.807) is 16.7 Å². The smallest absolute Gasteiger partial charge is 0.238 e. The van der Waals surface area contributed by atoms with Crippen LogP contribution in [0, 0.1) is 11.6 Å². The van der Waals surface area contributed by atoms with E-state index in [0.29, 0.717) is 12.1 Å². The summed E-state index contributed by atoms with van der Waals surface area (Å²) in [6.07, 6.45) is 1.59. The maximum Gasteiger partial charge on any atom is 0.238 e. The van der Waals surface area contributed by atoms with E-state index in [-0.39, 0.29) is 17.2 Å². The van der Waals surface area contributed by atoms with Gasteiger partial charge in [0.15, 0.2) is 11.6 Å². The molecular formula is C14H18F2N2OS. The summed E-state index contributed by atoms with van der Waals surface area (Å²) in [5.74, 6) is -1.80. The van der Waals surface area contributed by atoms with E-state index in [1.807, 2.05) is 20.1 Å². The minimum Gasteiger partial charge on any atom is -0.320 e. The zero-order valence-electron chi connectivity index (χ0n) is 11.7. The Morgan fingerprint density at radius 3 is 2.70 bits per heavy atom. The van der Waals surface area contributed by atoms with E-state index in [0.717, 1.165) is 12.1 Å². The van der Waals surface area contributed by atoms with Crippen LogP contribution in [0.1, 0.15) is 25.6 Å². The summed E-state index contributed by atoms with van der Waals surface area (Å²) < 4.78 is 26.3. The normalized spacial score (nSPS) is 19.8. The standard InChI is InChI=1S/C14H18F2N2OS/c1-14(2,20-3)8-18-12(19)7-17-13(18)9-4-5-10(15)11(16)6-9/h4-6,13,17H,7-8H2,1-3H3. The van der Waals surface area contributed by atoms with Gasteiger partial charge >= 0.3 is 0 Å². The van der Waals surface area contributed by atoms with Gasteiger partial charge in [-0.1, -0.05) is 6.07 Å². The van der Waals surface area contributed by atoms with E-state index in [4.69, 9.17) is 0 Å². The fourth-order valence-electron chi connectivity index (χ4n) is 2.17. The molecule has 1 aliphatic rings. The molecule has 1 aromatic carbocycles. The van der Waals surface area contributed by atoms with Crippen molar-refractivity contribution in [2.24, 2.45) is 0 Å². The van der Waals surface area contributed by atoms with Crippen molar-refractivity contribution in [1.29, 1.82) is 0 Å². The zero-order chi connectivity index (χ0) is 14.9. The Hall–Kier alpha value is -1.14. The molecule has 0 radical (unpaired) electrons. The molecule has 110 valence electrons. The maximum absolute atomic E-state index is 13.4. The fraction of sp³-hybridized carbons (Fsp3) is 0.500. The van der Waals surface area contributed by atoms with E-state index in [2.05, 4.69) is 5.32 Å². The summed E-state index contributed by atoms with van der Waals surface area (Å²) >= 11 is 1.66. The third-order valence-corrected chi connectivity index (χ3v) is 4.68. The van der Waals surface area contributed by atoms with Gasteiger partial charge in [-0.15, -0.1) is 0 Å². The molecule has 2 rings (SSSR count). The second-order valence-corrected chi connectivity index (χ2v) is 6.96. The van der Waals surface area contributed by atoms with Gasteiger partial charge in [-0.2, -0.15) is 11.8 Å².